The van der Waals surface area contributed by atoms with Gasteiger partial charge in [-0.05, 0) is 6.92 Å². The van der Waals surface area contributed by atoms with E-state index in [1.807, 2.05) is 0 Å². The molecule has 3 unspecified atom stereocenters. The summed E-state index contributed by atoms with van der Waals surface area (Å²) in [5.41, 5.74) is 6.13. The largest absolute Gasteiger partial charge is 0.481 e. The number of H-pyrrole nitrogens is 1. The molecule has 6 N–H and O–H groups in total. The molecule has 2 amide bonds. The lowest BCUT2D eigenvalue weighted by atomic mass is 10.0. The van der Waals surface area contributed by atoms with Gasteiger partial charge in [-0.25, -0.2) is 4.98 Å². The number of carbonyl (C=O) groups excluding carboxylic acids is 3. The number of nitrogens with two attached hydrogens (primary N) is 1. The first-order valence-electron chi connectivity index (χ1n) is 7.82. The highest BCUT2D eigenvalue weighted by molar-refractivity contribution is 5.94. The van der Waals surface area contributed by atoms with Crippen molar-refractivity contribution in [1.29, 1.82) is 0 Å². The van der Waals surface area contributed by atoms with Crippen molar-refractivity contribution >= 4 is 23.6 Å². The van der Waals surface area contributed by atoms with E-state index in [1.165, 1.54) is 13.3 Å². The van der Waals surface area contributed by atoms with E-state index >= 15 is 0 Å². The number of amides is 2. The Hall–Kier alpha value is -2.75. The monoisotopic (exact) mass is 353 g/mol. The molecule has 0 saturated carbocycles. The number of nitrogens with zero attached hydrogens (tertiary/aromatic N) is 1. The van der Waals surface area contributed by atoms with Crippen LogP contribution in [0.2, 0.25) is 0 Å². The molecule has 0 radical (unpaired) electrons. The molecule has 0 bridgehead atoms. The van der Waals surface area contributed by atoms with Crippen LogP contribution in [0.25, 0.3) is 0 Å². The number of nitrogens with one attached hydrogen (secondary N) is 3. The molecule has 0 spiro atoms. The Morgan fingerprint density at radius 3 is 2.48 bits per heavy atom. The predicted molar refractivity (Wildman–Crippen MR) is 87.4 cm³/mol. The van der Waals surface area contributed by atoms with Gasteiger partial charge in [0, 0.05) is 24.7 Å². The molecule has 0 aliphatic heterocycles. The number of aliphatic carboxylic acids is 1. The number of ketones is 1. The lowest BCUT2D eigenvalue weighted by Gasteiger charge is -2.21. The highest BCUT2D eigenvalue weighted by Gasteiger charge is 2.25. The number of imidazole rings is 1. The van der Waals surface area contributed by atoms with E-state index in [-0.39, 0.29) is 18.6 Å². The van der Waals surface area contributed by atoms with E-state index in [0.717, 1.165) is 0 Å². The minimum atomic E-state index is -1.26. The van der Waals surface area contributed by atoms with E-state index in [1.54, 1.807) is 13.1 Å². The molecule has 10 nitrogen and oxygen atoms in total. The van der Waals surface area contributed by atoms with Gasteiger partial charge in [-0.15, -0.1) is 0 Å². The SMILES string of the molecule is CCC(=O)C(Cc1cnc[nH]1)NC(=O)C(C)NC(=O)C(N)CC(=O)O. The van der Waals surface area contributed by atoms with Gasteiger partial charge < -0.3 is 26.5 Å². The summed E-state index contributed by atoms with van der Waals surface area (Å²) in [5.74, 6) is -2.70. The van der Waals surface area contributed by atoms with Gasteiger partial charge in [0.2, 0.25) is 11.8 Å². The standard InChI is InChI=1S/C15H23N5O5/c1-3-12(21)11(4-9-6-17-7-18-9)20-14(24)8(2)19-15(25)10(16)5-13(22)23/h6-8,10-11H,3-5,16H2,1-2H3,(H,17,18)(H,19,25)(H,20,24)(H,22,23). The molecular formula is C15H23N5O5. The zero-order chi connectivity index (χ0) is 19.0. The maximum Gasteiger partial charge on any atom is 0.305 e. The second-order valence-electron chi connectivity index (χ2n) is 5.60. The van der Waals surface area contributed by atoms with E-state index in [2.05, 4.69) is 20.6 Å². The average molecular weight is 353 g/mol. The van der Waals surface area contributed by atoms with Crippen LogP contribution in [0.3, 0.4) is 0 Å². The smallest absolute Gasteiger partial charge is 0.305 e. The first-order chi connectivity index (χ1) is 11.7. The molecule has 138 valence electrons. The lowest BCUT2D eigenvalue weighted by Crippen LogP contribution is -2.53. The third-order valence-corrected chi connectivity index (χ3v) is 3.52. The van der Waals surface area contributed by atoms with Crippen LogP contribution in [0.1, 0.15) is 32.4 Å². The van der Waals surface area contributed by atoms with Gasteiger partial charge in [0.05, 0.1) is 24.8 Å². The molecule has 25 heavy (non-hydrogen) atoms. The summed E-state index contributed by atoms with van der Waals surface area (Å²) in [5, 5.41) is 13.5. The Morgan fingerprint density at radius 1 is 1.28 bits per heavy atom. The van der Waals surface area contributed by atoms with Crippen LogP contribution >= 0.6 is 0 Å². The maximum atomic E-state index is 12.2. The Morgan fingerprint density at radius 2 is 1.96 bits per heavy atom. The van der Waals surface area contributed by atoms with Crippen LogP contribution in [0.5, 0.6) is 0 Å². The Balaban J connectivity index is 2.64. The van der Waals surface area contributed by atoms with E-state index in [4.69, 9.17) is 10.8 Å². The van der Waals surface area contributed by atoms with Crippen molar-refractivity contribution in [1.82, 2.24) is 20.6 Å². The second kappa shape index (κ2) is 9.52. The Labute approximate surface area is 144 Å². The van der Waals surface area contributed by atoms with Crippen molar-refractivity contribution in [2.45, 2.75) is 51.2 Å². The molecule has 1 heterocycles. The van der Waals surface area contributed by atoms with Crippen LogP contribution in [-0.2, 0) is 25.6 Å². The van der Waals surface area contributed by atoms with E-state index < -0.39 is 42.3 Å². The fraction of sp³-hybridized carbons (Fsp3) is 0.533. The summed E-state index contributed by atoms with van der Waals surface area (Å²) in [6.45, 7) is 3.11. The van der Waals surface area contributed by atoms with Crippen LogP contribution in [0.4, 0.5) is 0 Å². The average Bonchev–Trinajstić information content (AvgIpc) is 3.05. The normalized spacial score (nSPS) is 14.2. The number of carboxylic acids is 1. The topological polar surface area (TPSA) is 167 Å². The Kier molecular flexibility index (Phi) is 7.73. The molecule has 10 heteroatoms. The van der Waals surface area contributed by atoms with Gasteiger partial charge in [-0.3, -0.25) is 19.2 Å². The highest BCUT2D eigenvalue weighted by Crippen LogP contribution is 2.03. The molecule has 3 atom stereocenters. The summed E-state index contributed by atoms with van der Waals surface area (Å²) >= 11 is 0. The summed E-state index contributed by atoms with van der Waals surface area (Å²) < 4.78 is 0. The number of aromatic amines is 1. The van der Waals surface area contributed by atoms with Crippen LogP contribution in [-0.4, -0.2) is 56.8 Å². The van der Waals surface area contributed by atoms with Gasteiger partial charge in [0.25, 0.3) is 0 Å². The molecule has 0 aliphatic rings. The zero-order valence-electron chi connectivity index (χ0n) is 14.1. The fourth-order valence-corrected chi connectivity index (χ4v) is 2.07. The van der Waals surface area contributed by atoms with Crippen molar-refractivity contribution in [2.75, 3.05) is 0 Å². The number of rotatable bonds is 10. The van der Waals surface area contributed by atoms with Crippen LogP contribution in [0.15, 0.2) is 12.5 Å². The van der Waals surface area contributed by atoms with Crippen molar-refractivity contribution in [2.24, 2.45) is 5.73 Å². The van der Waals surface area contributed by atoms with Gasteiger partial charge in [0.1, 0.15) is 6.04 Å². The van der Waals surface area contributed by atoms with Gasteiger partial charge in [-0.2, -0.15) is 0 Å². The molecule has 0 aliphatic carbocycles. The van der Waals surface area contributed by atoms with Crippen molar-refractivity contribution in [3.8, 4) is 0 Å². The summed E-state index contributed by atoms with van der Waals surface area (Å²) in [6, 6.07) is -2.99. The van der Waals surface area contributed by atoms with Gasteiger partial charge in [-0.1, -0.05) is 6.92 Å². The number of hydrogen-bond acceptors (Lipinski definition) is 6. The van der Waals surface area contributed by atoms with Crippen LogP contribution in [0, 0.1) is 0 Å². The minimum absolute atomic E-state index is 0.163. The third-order valence-electron chi connectivity index (χ3n) is 3.52. The minimum Gasteiger partial charge on any atom is -0.481 e. The van der Waals surface area contributed by atoms with Crippen LogP contribution < -0.4 is 16.4 Å². The van der Waals surface area contributed by atoms with Crippen molar-refractivity contribution in [3.63, 3.8) is 0 Å². The highest BCUT2D eigenvalue weighted by atomic mass is 16.4. The number of hydrogen-bond donors (Lipinski definition) is 5. The van der Waals surface area contributed by atoms with Crippen molar-refractivity contribution < 1.29 is 24.3 Å². The molecule has 0 fully saturated rings. The summed E-state index contributed by atoms with van der Waals surface area (Å²) in [7, 11) is 0. The number of carbonyl (C=O) groups is 4. The first kappa shape index (κ1) is 20.3. The summed E-state index contributed by atoms with van der Waals surface area (Å²) in [4.78, 5) is 53.3. The second-order valence-corrected chi connectivity index (χ2v) is 5.60. The van der Waals surface area contributed by atoms with Crippen molar-refractivity contribution in [3.05, 3.63) is 18.2 Å². The van der Waals surface area contributed by atoms with Gasteiger partial charge in [0.15, 0.2) is 5.78 Å². The molecule has 0 saturated heterocycles. The Bertz CT molecular complexity index is 616. The molecule has 1 aromatic rings. The molecule has 0 aromatic carbocycles. The summed E-state index contributed by atoms with van der Waals surface area (Å²) in [6.07, 6.45) is 2.97. The number of Topliss-reactive ketones (excluding diaryl/α,β-unsaturated/α-hetero) is 1. The number of aromatic nitrogens is 2. The lowest BCUT2D eigenvalue weighted by molar-refractivity contribution is -0.139. The molecule has 1 aromatic heterocycles. The van der Waals surface area contributed by atoms with Gasteiger partial charge >= 0.3 is 5.97 Å². The molecule has 1 rings (SSSR count). The number of carboxylic acid groups (broad SMARTS) is 1. The van der Waals surface area contributed by atoms with E-state index in [9.17, 15) is 19.2 Å². The fourth-order valence-electron chi connectivity index (χ4n) is 2.07. The zero-order valence-corrected chi connectivity index (χ0v) is 14.1. The third kappa shape index (κ3) is 6.71. The first-order valence-corrected chi connectivity index (χ1v) is 7.82. The molecular weight excluding hydrogens is 330 g/mol. The quantitative estimate of drug-likeness (QED) is 0.349. The predicted octanol–water partition coefficient (Wildman–Crippen LogP) is -1.28. The van der Waals surface area contributed by atoms with E-state index in [0.29, 0.717) is 5.69 Å². The maximum absolute atomic E-state index is 12.2.